The molecule has 1 N–H and O–H groups in total. The van der Waals surface area contributed by atoms with Gasteiger partial charge in [-0.3, -0.25) is 4.99 Å². The molecule has 0 aliphatic carbocycles. The van der Waals surface area contributed by atoms with Crippen LogP contribution in [0, 0.1) is 5.92 Å². The number of anilines is 1. The third-order valence-corrected chi connectivity index (χ3v) is 3.87. The summed E-state index contributed by atoms with van der Waals surface area (Å²) in [7, 11) is 0. The Morgan fingerprint density at radius 3 is 3.13 bits per heavy atom. The van der Waals surface area contributed by atoms with Gasteiger partial charge in [0, 0.05) is 12.1 Å². The van der Waals surface area contributed by atoms with Gasteiger partial charge in [-0.2, -0.15) is 0 Å². The minimum absolute atomic E-state index is 0.414. The van der Waals surface area contributed by atoms with Gasteiger partial charge in [-0.1, -0.05) is 18.2 Å². The van der Waals surface area contributed by atoms with Crippen molar-refractivity contribution in [2.45, 2.75) is 12.3 Å². The average molecular weight is 216 g/mol. The van der Waals surface area contributed by atoms with Crippen molar-refractivity contribution in [3.8, 4) is 0 Å². The third kappa shape index (κ3) is 1.57. The first kappa shape index (κ1) is 9.04. The van der Waals surface area contributed by atoms with Crippen LogP contribution in [-0.2, 0) is 0 Å². The van der Waals surface area contributed by atoms with Crippen molar-refractivity contribution >= 4 is 29.4 Å². The Labute approximate surface area is 93.5 Å². The van der Waals surface area contributed by atoms with Crippen LogP contribution in [0.1, 0.15) is 6.92 Å². The second-order valence-electron chi connectivity index (χ2n) is 3.83. The summed E-state index contributed by atoms with van der Waals surface area (Å²) in [6.07, 6.45) is 4.32. The van der Waals surface area contributed by atoms with Crippen molar-refractivity contribution in [3.05, 3.63) is 35.2 Å². The Bertz CT molecular complexity index is 451. The van der Waals surface area contributed by atoms with E-state index in [1.165, 1.54) is 4.91 Å². The molecule has 2 unspecified atom stereocenters. The van der Waals surface area contributed by atoms with Gasteiger partial charge in [-0.25, -0.2) is 0 Å². The van der Waals surface area contributed by atoms with Crippen LogP contribution in [0.3, 0.4) is 0 Å². The summed E-state index contributed by atoms with van der Waals surface area (Å²) in [6.45, 7) is 2.15. The molecule has 1 aromatic carbocycles. The highest BCUT2D eigenvalue weighted by atomic mass is 32.2. The van der Waals surface area contributed by atoms with Crippen LogP contribution in [0.4, 0.5) is 11.4 Å². The average Bonchev–Trinajstić information content (AvgIpc) is 2.49. The number of hydrogen-bond acceptors (Lipinski definition) is 3. The Hall–Kier alpha value is -1.22. The van der Waals surface area contributed by atoms with Gasteiger partial charge in [0.05, 0.1) is 16.7 Å². The first-order valence-electron chi connectivity index (χ1n) is 5.08. The van der Waals surface area contributed by atoms with Crippen molar-refractivity contribution in [1.82, 2.24) is 0 Å². The van der Waals surface area contributed by atoms with E-state index >= 15 is 0 Å². The first-order chi connectivity index (χ1) is 7.33. The van der Waals surface area contributed by atoms with Gasteiger partial charge in [0.15, 0.2) is 0 Å². The SMILES string of the molecule is CC1=CC2C=Nc3ccccc3NC2S1. The lowest BCUT2D eigenvalue weighted by Crippen LogP contribution is -2.20. The monoisotopic (exact) mass is 216 g/mol. The van der Waals surface area contributed by atoms with Crippen molar-refractivity contribution in [2.24, 2.45) is 10.9 Å². The van der Waals surface area contributed by atoms with E-state index in [1.807, 2.05) is 36.2 Å². The van der Waals surface area contributed by atoms with Crippen LogP contribution in [0.5, 0.6) is 0 Å². The maximum Gasteiger partial charge on any atom is 0.0879 e. The minimum Gasteiger partial charge on any atom is -0.370 e. The van der Waals surface area contributed by atoms with E-state index in [2.05, 4.69) is 29.4 Å². The largest absolute Gasteiger partial charge is 0.370 e. The molecule has 3 heteroatoms. The van der Waals surface area contributed by atoms with Crippen LogP contribution in [-0.4, -0.2) is 11.6 Å². The minimum atomic E-state index is 0.414. The number of nitrogens with one attached hydrogen (secondary N) is 1. The molecule has 0 radical (unpaired) electrons. The van der Waals surface area contributed by atoms with Crippen LogP contribution in [0.15, 0.2) is 40.2 Å². The highest BCUT2D eigenvalue weighted by molar-refractivity contribution is 8.04. The zero-order valence-corrected chi connectivity index (χ0v) is 9.29. The summed E-state index contributed by atoms with van der Waals surface area (Å²) in [6, 6.07) is 8.19. The van der Waals surface area contributed by atoms with E-state index in [4.69, 9.17) is 0 Å². The van der Waals surface area contributed by atoms with Gasteiger partial charge >= 0.3 is 0 Å². The lowest BCUT2D eigenvalue weighted by molar-refractivity contribution is 0.890. The lowest BCUT2D eigenvalue weighted by Gasteiger charge is -2.16. The zero-order chi connectivity index (χ0) is 10.3. The number of aliphatic imine (C=N–C) groups is 1. The van der Waals surface area contributed by atoms with E-state index in [0.29, 0.717) is 11.3 Å². The molecule has 76 valence electrons. The Balaban J connectivity index is 2.00. The Morgan fingerprint density at radius 2 is 2.20 bits per heavy atom. The van der Waals surface area contributed by atoms with E-state index in [9.17, 15) is 0 Å². The van der Waals surface area contributed by atoms with Crippen LogP contribution < -0.4 is 5.32 Å². The summed E-state index contributed by atoms with van der Waals surface area (Å²) < 4.78 is 0. The molecule has 2 aliphatic heterocycles. The van der Waals surface area contributed by atoms with Gasteiger partial charge in [0.1, 0.15) is 0 Å². The van der Waals surface area contributed by atoms with Gasteiger partial charge < -0.3 is 5.32 Å². The fourth-order valence-corrected chi connectivity index (χ4v) is 3.08. The smallest absolute Gasteiger partial charge is 0.0879 e. The normalized spacial score (nSPS) is 27.4. The molecule has 1 aromatic rings. The number of benzene rings is 1. The first-order valence-corrected chi connectivity index (χ1v) is 5.96. The number of allylic oxidation sites excluding steroid dienone is 1. The standard InChI is InChI=1S/C12H12N2S/c1-8-6-9-7-13-10-4-2-3-5-11(10)14-12(9)15-8/h2-7,9,12,14H,1H3. The molecule has 2 nitrogen and oxygen atoms in total. The Kier molecular flexibility index (Phi) is 2.06. The number of para-hydroxylation sites is 2. The fraction of sp³-hybridized carbons (Fsp3) is 0.250. The van der Waals surface area contributed by atoms with Gasteiger partial charge in [0.2, 0.25) is 0 Å². The van der Waals surface area contributed by atoms with E-state index in [-0.39, 0.29) is 0 Å². The molecule has 2 heterocycles. The second kappa shape index (κ2) is 3.42. The molecule has 0 amide bonds. The van der Waals surface area contributed by atoms with Gasteiger partial charge in [-0.15, -0.1) is 11.8 Å². The summed E-state index contributed by atoms with van der Waals surface area (Å²) in [5, 5.41) is 3.95. The summed E-state index contributed by atoms with van der Waals surface area (Å²) in [5.41, 5.74) is 2.18. The highest BCUT2D eigenvalue weighted by Crippen LogP contribution is 2.39. The molecule has 3 rings (SSSR count). The summed E-state index contributed by atoms with van der Waals surface area (Å²) in [5.74, 6) is 0.419. The third-order valence-electron chi connectivity index (χ3n) is 2.68. The second-order valence-corrected chi connectivity index (χ2v) is 5.22. The fourth-order valence-electron chi connectivity index (χ4n) is 1.95. The molecular weight excluding hydrogens is 204 g/mol. The zero-order valence-electron chi connectivity index (χ0n) is 8.47. The molecule has 0 saturated carbocycles. The maximum absolute atomic E-state index is 4.52. The van der Waals surface area contributed by atoms with Crippen LogP contribution in [0.2, 0.25) is 0 Å². The molecule has 0 saturated heterocycles. The van der Waals surface area contributed by atoms with Crippen LogP contribution in [0.25, 0.3) is 0 Å². The lowest BCUT2D eigenvalue weighted by atomic mass is 10.1. The quantitative estimate of drug-likeness (QED) is 0.718. The molecule has 0 aromatic heterocycles. The number of rotatable bonds is 0. The summed E-state index contributed by atoms with van der Waals surface area (Å²) >= 11 is 1.89. The predicted octanol–water partition coefficient (Wildman–Crippen LogP) is 3.41. The molecule has 0 bridgehead atoms. The van der Waals surface area contributed by atoms with Gasteiger partial charge in [-0.05, 0) is 24.0 Å². The molecule has 0 spiro atoms. The maximum atomic E-state index is 4.52. The topological polar surface area (TPSA) is 24.4 Å². The molecule has 15 heavy (non-hydrogen) atoms. The van der Waals surface area contributed by atoms with Gasteiger partial charge in [0.25, 0.3) is 0 Å². The van der Waals surface area contributed by atoms with Crippen molar-refractivity contribution in [1.29, 1.82) is 0 Å². The Morgan fingerprint density at radius 1 is 1.33 bits per heavy atom. The van der Waals surface area contributed by atoms with Crippen molar-refractivity contribution in [3.63, 3.8) is 0 Å². The van der Waals surface area contributed by atoms with Crippen molar-refractivity contribution < 1.29 is 0 Å². The molecular formula is C12H12N2S. The van der Waals surface area contributed by atoms with Crippen molar-refractivity contribution in [2.75, 3.05) is 5.32 Å². The number of fused-ring (bicyclic) bond motifs is 2. The number of hydrogen-bond donors (Lipinski definition) is 1. The van der Waals surface area contributed by atoms with Crippen LogP contribution >= 0.6 is 11.8 Å². The highest BCUT2D eigenvalue weighted by Gasteiger charge is 2.27. The number of nitrogens with zero attached hydrogens (tertiary/aromatic N) is 1. The predicted molar refractivity (Wildman–Crippen MR) is 66.8 cm³/mol. The number of thioether (sulfide) groups is 1. The van der Waals surface area contributed by atoms with E-state index in [1.54, 1.807) is 0 Å². The molecule has 0 fully saturated rings. The molecule has 2 atom stereocenters. The van der Waals surface area contributed by atoms with E-state index < -0.39 is 0 Å². The van der Waals surface area contributed by atoms with E-state index in [0.717, 1.165) is 11.4 Å². The molecule has 2 aliphatic rings. The summed E-state index contributed by atoms with van der Waals surface area (Å²) in [4.78, 5) is 5.90.